The molecule has 29 heavy (non-hydrogen) atoms. The van der Waals surface area contributed by atoms with Crippen molar-refractivity contribution in [2.45, 2.75) is 0 Å². The van der Waals surface area contributed by atoms with Gasteiger partial charge < -0.3 is 14.0 Å². The Morgan fingerprint density at radius 1 is 0.862 bits per heavy atom. The first-order valence-electron chi connectivity index (χ1n) is 8.88. The van der Waals surface area contributed by atoms with Crippen molar-refractivity contribution in [2.24, 2.45) is 4.99 Å². The van der Waals surface area contributed by atoms with Crippen LogP contribution in [0.3, 0.4) is 0 Å². The second-order valence-electron chi connectivity index (χ2n) is 6.02. The van der Waals surface area contributed by atoms with Gasteiger partial charge in [0.25, 0.3) is 0 Å². The first-order valence-corrected chi connectivity index (χ1v) is 8.88. The molecule has 0 aliphatic heterocycles. The van der Waals surface area contributed by atoms with Gasteiger partial charge in [-0.15, -0.1) is 0 Å². The number of esters is 2. The van der Waals surface area contributed by atoms with Crippen LogP contribution in [0, 0.1) is 0 Å². The van der Waals surface area contributed by atoms with E-state index in [9.17, 15) is 9.59 Å². The summed E-state index contributed by atoms with van der Waals surface area (Å²) in [4.78, 5) is 28.3. The summed E-state index contributed by atoms with van der Waals surface area (Å²) in [5.41, 5.74) is 2.89. The molecule has 0 N–H and O–H groups in total. The topological polar surface area (TPSA) is 69.9 Å². The molecule has 3 aromatic rings. The largest absolute Gasteiger partial charge is 0.466 e. The fourth-order valence-corrected chi connectivity index (χ4v) is 2.72. The van der Waals surface area contributed by atoms with Crippen molar-refractivity contribution < 1.29 is 19.1 Å². The number of carbonyl (C=O) groups is 2. The number of nitrogens with zero attached hydrogens (tertiary/aromatic N) is 2. The third-order valence-electron chi connectivity index (χ3n) is 4.14. The summed E-state index contributed by atoms with van der Waals surface area (Å²) in [5, 5.41) is 0. The van der Waals surface area contributed by atoms with Gasteiger partial charge in [0, 0.05) is 29.6 Å². The SMILES string of the molecule is COC(=O)/C=C/n1cc(C(=O)OC)cc1N=C(c1ccccc1)c1ccccc1. The average Bonchev–Trinajstić information content (AvgIpc) is 3.19. The van der Waals surface area contributed by atoms with Crippen molar-refractivity contribution in [1.29, 1.82) is 0 Å². The van der Waals surface area contributed by atoms with Gasteiger partial charge in [0.1, 0.15) is 5.82 Å². The number of ether oxygens (including phenoxy) is 2. The summed E-state index contributed by atoms with van der Waals surface area (Å²) < 4.78 is 11.0. The smallest absolute Gasteiger partial charge is 0.339 e. The third-order valence-corrected chi connectivity index (χ3v) is 4.14. The van der Waals surface area contributed by atoms with E-state index in [0.717, 1.165) is 16.8 Å². The zero-order valence-electron chi connectivity index (χ0n) is 16.1. The normalized spacial score (nSPS) is 10.6. The van der Waals surface area contributed by atoms with Crippen LogP contribution in [0.25, 0.3) is 6.20 Å². The first kappa shape index (κ1) is 19.8. The molecule has 0 unspecified atom stereocenters. The van der Waals surface area contributed by atoms with Crippen LogP contribution in [0.2, 0.25) is 0 Å². The molecular formula is C23H20N2O4. The molecule has 0 radical (unpaired) electrons. The quantitative estimate of drug-likeness (QED) is 0.362. The van der Waals surface area contributed by atoms with E-state index < -0.39 is 11.9 Å². The van der Waals surface area contributed by atoms with Gasteiger partial charge in [-0.3, -0.25) is 0 Å². The first-order chi connectivity index (χ1) is 14.1. The molecule has 0 fully saturated rings. The molecule has 0 aliphatic carbocycles. The van der Waals surface area contributed by atoms with Crippen LogP contribution in [0.1, 0.15) is 21.5 Å². The van der Waals surface area contributed by atoms with Crippen molar-refractivity contribution in [1.82, 2.24) is 4.57 Å². The highest BCUT2D eigenvalue weighted by Gasteiger charge is 2.14. The lowest BCUT2D eigenvalue weighted by molar-refractivity contribution is -0.134. The van der Waals surface area contributed by atoms with E-state index in [1.165, 1.54) is 26.5 Å². The molecule has 0 saturated carbocycles. The van der Waals surface area contributed by atoms with Crippen molar-refractivity contribution in [3.63, 3.8) is 0 Å². The zero-order chi connectivity index (χ0) is 20.6. The Labute approximate surface area is 168 Å². The fourth-order valence-electron chi connectivity index (χ4n) is 2.72. The number of aliphatic imine (C=N–C) groups is 1. The lowest BCUT2D eigenvalue weighted by Gasteiger charge is -2.08. The second kappa shape index (κ2) is 9.32. The highest BCUT2D eigenvalue weighted by atomic mass is 16.5. The molecule has 0 saturated heterocycles. The summed E-state index contributed by atoms with van der Waals surface area (Å²) in [5.74, 6) is -0.541. The minimum absolute atomic E-state index is 0.321. The van der Waals surface area contributed by atoms with Gasteiger partial charge in [-0.2, -0.15) is 0 Å². The molecule has 3 rings (SSSR count). The summed E-state index contributed by atoms with van der Waals surface area (Å²) in [6.45, 7) is 0. The van der Waals surface area contributed by atoms with Gasteiger partial charge in [-0.25, -0.2) is 14.6 Å². The molecule has 6 nitrogen and oxygen atoms in total. The monoisotopic (exact) mass is 388 g/mol. The minimum Gasteiger partial charge on any atom is -0.466 e. The molecule has 0 aliphatic rings. The standard InChI is InChI=1S/C23H20N2O4/c1-28-21(26)13-14-25-16-19(23(27)29-2)15-20(25)24-22(17-9-5-3-6-10-17)18-11-7-4-8-12-18/h3-16H,1-2H3/b14-13+. The van der Waals surface area contributed by atoms with Crippen molar-refractivity contribution in [3.05, 3.63) is 95.7 Å². The fraction of sp³-hybridized carbons (Fsp3) is 0.0870. The molecule has 0 bridgehead atoms. The van der Waals surface area contributed by atoms with Crippen LogP contribution in [-0.4, -0.2) is 36.4 Å². The number of benzene rings is 2. The van der Waals surface area contributed by atoms with Gasteiger partial charge in [-0.05, 0) is 6.07 Å². The number of carbonyl (C=O) groups excluding carboxylic acids is 2. The Bertz CT molecular complexity index is 1010. The van der Waals surface area contributed by atoms with Crippen LogP contribution in [0.15, 0.2) is 84.0 Å². The zero-order valence-corrected chi connectivity index (χ0v) is 16.1. The molecule has 146 valence electrons. The number of hydrogen-bond donors (Lipinski definition) is 0. The van der Waals surface area contributed by atoms with E-state index in [-0.39, 0.29) is 0 Å². The van der Waals surface area contributed by atoms with Gasteiger partial charge >= 0.3 is 11.9 Å². The Hall–Kier alpha value is -3.93. The van der Waals surface area contributed by atoms with Crippen LogP contribution in [0.5, 0.6) is 0 Å². The number of rotatable bonds is 6. The summed E-state index contributed by atoms with van der Waals surface area (Å²) in [6.07, 6.45) is 4.30. The van der Waals surface area contributed by atoms with Crippen LogP contribution >= 0.6 is 0 Å². The predicted molar refractivity (Wildman–Crippen MR) is 111 cm³/mol. The average molecular weight is 388 g/mol. The van der Waals surface area contributed by atoms with Crippen molar-refractivity contribution in [2.75, 3.05) is 14.2 Å². The second-order valence-corrected chi connectivity index (χ2v) is 6.02. The number of aromatic nitrogens is 1. The maximum atomic E-state index is 12.0. The molecule has 0 spiro atoms. The Kier molecular flexibility index (Phi) is 6.37. The summed E-state index contributed by atoms with van der Waals surface area (Å²) >= 11 is 0. The van der Waals surface area contributed by atoms with Gasteiger partial charge in [-0.1, -0.05) is 60.7 Å². The van der Waals surface area contributed by atoms with Gasteiger partial charge in [0.2, 0.25) is 0 Å². The lowest BCUT2D eigenvalue weighted by Crippen LogP contribution is -2.03. The van der Waals surface area contributed by atoms with E-state index in [2.05, 4.69) is 4.74 Å². The highest BCUT2D eigenvalue weighted by molar-refractivity contribution is 6.14. The maximum Gasteiger partial charge on any atom is 0.339 e. The minimum atomic E-state index is -0.514. The van der Waals surface area contributed by atoms with E-state index in [1.807, 2.05) is 60.7 Å². The predicted octanol–water partition coefficient (Wildman–Crippen LogP) is 4.09. The van der Waals surface area contributed by atoms with Crippen LogP contribution < -0.4 is 0 Å². The van der Waals surface area contributed by atoms with Crippen LogP contribution in [-0.2, 0) is 14.3 Å². The highest BCUT2D eigenvalue weighted by Crippen LogP contribution is 2.23. The van der Waals surface area contributed by atoms with E-state index in [0.29, 0.717) is 11.4 Å². The molecule has 6 heteroatoms. The van der Waals surface area contributed by atoms with Gasteiger partial charge in [0.15, 0.2) is 0 Å². The molecule has 2 aromatic carbocycles. The molecule has 0 atom stereocenters. The Morgan fingerprint density at radius 2 is 1.45 bits per heavy atom. The number of hydrogen-bond acceptors (Lipinski definition) is 5. The van der Waals surface area contributed by atoms with Crippen molar-refractivity contribution in [3.8, 4) is 0 Å². The van der Waals surface area contributed by atoms with Gasteiger partial charge in [0.05, 0.1) is 25.5 Å². The van der Waals surface area contributed by atoms with Crippen molar-refractivity contribution >= 4 is 29.7 Å². The Balaban J connectivity index is 2.15. The van der Waals surface area contributed by atoms with E-state index in [1.54, 1.807) is 16.8 Å². The summed E-state index contributed by atoms with van der Waals surface area (Å²) in [6, 6.07) is 21.1. The maximum absolute atomic E-state index is 12.0. The van der Waals surface area contributed by atoms with E-state index >= 15 is 0 Å². The molecule has 1 heterocycles. The number of methoxy groups -OCH3 is 2. The third kappa shape index (κ3) is 4.87. The Morgan fingerprint density at radius 3 is 1.97 bits per heavy atom. The molecular weight excluding hydrogens is 368 g/mol. The van der Waals surface area contributed by atoms with E-state index in [4.69, 9.17) is 9.73 Å². The molecule has 1 aromatic heterocycles. The summed E-state index contributed by atoms with van der Waals surface area (Å²) in [7, 11) is 2.61. The molecule has 0 amide bonds. The lowest BCUT2D eigenvalue weighted by atomic mass is 10.0. The van der Waals surface area contributed by atoms with Crippen LogP contribution in [0.4, 0.5) is 5.82 Å².